The minimum atomic E-state index is -0.496. The predicted molar refractivity (Wildman–Crippen MR) is 105 cm³/mol. The maximum Gasteiger partial charge on any atom is 0.306 e. The first-order valence-corrected chi connectivity index (χ1v) is 9.08. The zero-order valence-corrected chi connectivity index (χ0v) is 16.2. The van der Waals surface area contributed by atoms with E-state index in [0.29, 0.717) is 16.9 Å². The summed E-state index contributed by atoms with van der Waals surface area (Å²) in [5.74, 6) is -0.583. The average Bonchev–Trinajstić information content (AvgIpc) is 2.67. The Bertz CT molecular complexity index is 1120. The molecule has 0 fully saturated rings. The maximum absolute atomic E-state index is 12.4. The van der Waals surface area contributed by atoms with E-state index in [2.05, 4.69) is 4.98 Å². The van der Waals surface area contributed by atoms with Crippen molar-refractivity contribution in [2.24, 2.45) is 0 Å². The normalized spacial score (nSPS) is 10.8. The first-order valence-electron chi connectivity index (χ1n) is 9.08. The van der Waals surface area contributed by atoms with Gasteiger partial charge in [0, 0.05) is 24.2 Å². The largest absolute Gasteiger partial charge is 0.459 e. The lowest BCUT2D eigenvalue weighted by Crippen LogP contribution is -2.17. The number of Topliss-reactive ketones (excluding diaryl/α,β-unsaturated/α-hetero) is 1. The first-order chi connectivity index (χ1) is 13.3. The van der Waals surface area contributed by atoms with Gasteiger partial charge in [-0.05, 0) is 44.0 Å². The number of aryl methyl sites for hydroxylation is 3. The minimum absolute atomic E-state index is 0.0159. The van der Waals surface area contributed by atoms with Gasteiger partial charge in [-0.1, -0.05) is 23.8 Å². The number of aromatic nitrogens is 2. The van der Waals surface area contributed by atoms with Crippen molar-refractivity contribution in [3.63, 3.8) is 0 Å². The molecular formula is C22H22N2O4. The first kappa shape index (κ1) is 19.5. The molecule has 1 aromatic carbocycles. The number of nitrogens with zero attached hydrogens (tertiary/aromatic N) is 2. The number of hydrogen-bond acceptors (Lipinski definition) is 5. The van der Waals surface area contributed by atoms with Gasteiger partial charge >= 0.3 is 5.97 Å². The van der Waals surface area contributed by atoms with Crippen LogP contribution < -0.4 is 5.56 Å². The monoisotopic (exact) mass is 378 g/mol. The zero-order chi connectivity index (χ0) is 20.3. The number of esters is 1. The Labute approximate surface area is 162 Å². The zero-order valence-electron chi connectivity index (χ0n) is 16.2. The molecule has 2 heterocycles. The summed E-state index contributed by atoms with van der Waals surface area (Å²) in [7, 11) is 0. The summed E-state index contributed by atoms with van der Waals surface area (Å²) in [6.45, 7) is 5.58. The van der Waals surface area contributed by atoms with E-state index in [-0.39, 0.29) is 30.8 Å². The summed E-state index contributed by atoms with van der Waals surface area (Å²) in [5.41, 5.74) is 4.11. The van der Waals surface area contributed by atoms with Crippen LogP contribution in [0.1, 0.15) is 45.6 Å². The average molecular weight is 378 g/mol. The van der Waals surface area contributed by atoms with Crippen LogP contribution in [0.4, 0.5) is 0 Å². The van der Waals surface area contributed by atoms with Gasteiger partial charge in [0.15, 0.2) is 5.78 Å². The van der Waals surface area contributed by atoms with E-state index in [4.69, 9.17) is 4.74 Å². The minimum Gasteiger partial charge on any atom is -0.459 e. The van der Waals surface area contributed by atoms with Crippen molar-refractivity contribution in [3.05, 3.63) is 80.9 Å². The number of ether oxygens (including phenoxy) is 1. The van der Waals surface area contributed by atoms with Crippen LogP contribution in [0.2, 0.25) is 0 Å². The smallest absolute Gasteiger partial charge is 0.306 e. The third-order valence-electron chi connectivity index (χ3n) is 4.49. The second-order valence-corrected chi connectivity index (χ2v) is 6.92. The standard InChI is InChI=1S/C22H22N2O4/c1-14-4-6-16(3)18(10-14)19(25)7-9-22(27)28-13-17-11-21(26)24-12-15(2)5-8-20(24)23-17/h4-6,8,10-12H,7,9,13H2,1-3H3. The fraction of sp³-hybridized carbons (Fsp3) is 0.273. The van der Waals surface area contributed by atoms with Gasteiger partial charge in [0.1, 0.15) is 12.3 Å². The van der Waals surface area contributed by atoms with Crippen molar-refractivity contribution in [2.75, 3.05) is 0 Å². The number of benzene rings is 1. The Hall–Kier alpha value is -3.28. The van der Waals surface area contributed by atoms with Gasteiger partial charge in [-0.25, -0.2) is 4.98 Å². The molecule has 28 heavy (non-hydrogen) atoms. The number of ketones is 1. The molecule has 3 aromatic rings. The highest BCUT2D eigenvalue weighted by atomic mass is 16.5. The third-order valence-corrected chi connectivity index (χ3v) is 4.49. The molecule has 0 aliphatic carbocycles. The maximum atomic E-state index is 12.4. The lowest BCUT2D eigenvalue weighted by atomic mass is 9.99. The molecule has 0 radical (unpaired) electrons. The van der Waals surface area contributed by atoms with Gasteiger partial charge < -0.3 is 4.74 Å². The number of pyridine rings is 1. The Kier molecular flexibility index (Phi) is 5.68. The summed E-state index contributed by atoms with van der Waals surface area (Å²) >= 11 is 0. The van der Waals surface area contributed by atoms with E-state index < -0.39 is 5.97 Å². The number of fused-ring (bicyclic) bond motifs is 1. The lowest BCUT2D eigenvalue weighted by Gasteiger charge is -2.08. The summed E-state index contributed by atoms with van der Waals surface area (Å²) in [5, 5.41) is 0. The second kappa shape index (κ2) is 8.17. The van der Waals surface area contributed by atoms with Crippen LogP contribution in [-0.2, 0) is 16.1 Å². The van der Waals surface area contributed by atoms with Crippen molar-refractivity contribution >= 4 is 17.4 Å². The molecule has 0 aliphatic heterocycles. The number of carbonyl (C=O) groups excluding carboxylic acids is 2. The molecule has 6 heteroatoms. The van der Waals surface area contributed by atoms with Crippen LogP contribution in [0.5, 0.6) is 0 Å². The van der Waals surface area contributed by atoms with E-state index in [1.165, 1.54) is 10.5 Å². The summed E-state index contributed by atoms with van der Waals surface area (Å²) in [6, 6.07) is 10.6. The van der Waals surface area contributed by atoms with Crippen LogP contribution in [-0.4, -0.2) is 21.1 Å². The molecule has 0 saturated carbocycles. The molecule has 6 nitrogen and oxygen atoms in total. The highest BCUT2D eigenvalue weighted by Crippen LogP contribution is 2.14. The molecule has 0 atom stereocenters. The highest BCUT2D eigenvalue weighted by Gasteiger charge is 2.13. The molecule has 0 bridgehead atoms. The molecule has 2 aromatic heterocycles. The van der Waals surface area contributed by atoms with Crippen LogP contribution in [0.15, 0.2) is 47.4 Å². The van der Waals surface area contributed by atoms with E-state index in [1.54, 1.807) is 12.3 Å². The van der Waals surface area contributed by atoms with Crippen molar-refractivity contribution in [1.29, 1.82) is 0 Å². The molecule has 0 aliphatic rings. The summed E-state index contributed by atoms with van der Waals surface area (Å²) < 4.78 is 6.64. The topological polar surface area (TPSA) is 77.7 Å². The summed E-state index contributed by atoms with van der Waals surface area (Å²) in [6.07, 6.45) is 1.77. The summed E-state index contributed by atoms with van der Waals surface area (Å²) in [4.78, 5) is 40.9. The van der Waals surface area contributed by atoms with E-state index in [1.807, 2.05) is 45.0 Å². The predicted octanol–water partition coefficient (Wildman–Crippen LogP) is 3.33. The lowest BCUT2D eigenvalue weighted by molar-refractivity contribution is -0.145. The van der Waals surface area contributed by atoms with Gasteiger partial charge in [0.2, 0.25) is 0 Å². The molecule has 0 unspecified atom stereocenters. The van der Waals surface area contributed by atoms with Crippen LogP contribution in [0.25, 0.3) is 5.65 Å². The van der Waals surface area contributed by atoms with Gasteiger partial charge in [-0.2, -0.15) is 0 Å². The Balaban J connectivity index is 1.59. The molecule has 0 saturated heterocycles. The van der Waals surface area contributed by atoms with Crippen molar-refractivity contribution in [1.82, 2.24) is 9.38 Å². The van der Waals surface area contributed by atoms with Gasteiger partial charge in [-0.15, -0.1) is 0 Å². The second-order valence-electron chi connectivity index (χ2n) is 6.92. The Morgan fingerprint density at radius 2 is 1.75 bits per heavy atom. The van der Waals surface area contributed by atoms with Crippen molar-refractivity contribution < 1.29 is 14.3 Å². The molecule has 3 rings (SSSR count). The molecule has 0 N–H and O–H groups in total. The Morgan fingerprint density at radius 3 is 2.54 bits per heavy atom. The highest BCUT2D eigenvalue weighted by molar-refractivity contribution is 5.98. The molecular weight excluding hydrogens is 356 g/mol. The van der Waals surface area contributed by atoms with Crippen LogP contribution in [0.3, 0.4) is 0 Å². The Morgan fingerprint density at radius 1 is 1.00 bits per heavy atom. The van der Waals surface area contributed by atoms with Gasteiger partial charge in [0.25, 0.3) is 5.56 Å². The number of hydrogen-bond donors (Lipinski definition) is 0. The van der Waals surface area contributed by atoms with Gasteiger partial charge in [0.05, 0.1) is 12.1 Å². The van der Waals surface area contributed by atoms with E-state index in [0.717, 1.165) is 16.7 Å². The van der Waals surface area contributed by atoms with Crippen LogP contribution in [0, 0.1) is 20.8 Å². The van der Waals surface area contributed by atoms with E-state index >= 15 is 0 Å². The quantitative estimate of drug-likeness (QED) is 0.486. The number of carbonyl (C=O) groups is 2. The number of rotatable bonds is 6. The van der Waals surface area contributed by atoms with Crippen LogP contribution >= 0.6 is 0 Å². The molecule has 0 spiro atoms. The fourth-order valence-corrected chi connectivity index (χ4v) is 2.95. The fourth-order valence-electron chi connectivity index (χ4n) is 2.95. The van der Waals surface area contributed by atoms with E-state index in [9.17, 15) is 14.4 Å². The third kappa shape index (κ3) is 4.52. The molecule has 144 valence electrons. The van der Waals surface area contributed by atoms with Crippen molar-refractivity contribution in [2.45, 2.75) is 40.2 Å². The van der Waals surface area contributed by atoms with Gasteiger partial charge in [-0.3, -0.25) is 18.8 Å². The van der Waals surface area contributed by atoms with Crippen molar-refractivity contribution in [3.8, 4) is 0 Å². The molecule has 0 amide bonds. The SMILES string of the molecule is Cc1ccc(C)c(C(=O)CCC(=O)OCc2cc(=O)n3cc(C)ccc3n2)c1.